The van der Waals surface area contributed by atoms with Crippen LogP contribution in [0.5, 0.6) is 0 Å². The Bertz CT molecular complexity index is 737. The van der Waals surface area contributed by atoms with Crippen LogP contribution in [0, 0.1) is 0 Å². The van der Waals surface area contributed by atoms with E-state index in [4.69, 9.17) is 0 Å². The number of amides is 1. The summed E-state index contributed by atoms with van der Waals surface area (Å²) in [6.45, 7) is 1.54. The van der Waals surface area contributed by atoms with E-state index in [1.165, 1.54) is 18.0 Å². The SMILES string of the molecule is CC(C(=O)O)N(C(=O)c1cnn(-c2ccc(Br)cc2)c1)C1CC1. The molecule has 0 bridgehead atoms. The van der Waals surface area contributed by atoms with Crippen molar-refractivity contribution in [1.29, 1.82) is 0 Å². The molecule has 6 nitrogen and oxygen atoms in total. The van der Waals surface area contributed by atoms with Crippen LogP contribution in [-0.4, -0.2) is 43.7 Å². The first kappa shape index (κ1) is 15.7. The number of carboxylic acids is 1. The van der Waals surface area contributed by atoms with Gasteiger partial charge in [0.2, 0.25) is 0 Å². The van der Waals surface area contributed by atoms with Gasteiger partial charge in [-0.3, -0.25) is 4.79 Å². The normalized spacial score (nSPS) is 15.2. The Labute approximate surface area is 141 Å². The number of nitrogens with zero attached hydrogens (tertiary/aromatic N) is 3. The lowest BCUT2D eigenvalue weighted by atomic mass is 10.2. The molecular weight excluding hydrogens is 362 g/mol. The molecule has 2 aromatic rings. The highest BCUT2D eigenvalue weighted by molar-refractivity contribution is 9.10. The van der Waals surface area contributed by atoms with Gasteiger partial charge in [-0.2, -0.15) is 5.10 Å². The molecule has 1 amide bonds. The smallest absolute Gasteiger partial charge is 0.326 e. The van der Waals surface area contributed by atoms with E-state index >= 15 is 0 Å². The van der Waals surface area contributed by atoms with Crippen LogP contribution in [0.3, 0.4) is 0 Å². The molecule has 1 saturated carbocycles. The highest BCUT2D eigenvalue weighted by atomic mass is 79.9. The Balaban J connectivity index is 1.85. The molecule has 0 spiro atoms. The van der Waals surface area contributed by atoms with Crippen molar-refractivity contribution in [2.75, 3.05) is 0 Å². The Morgan fingerprint density at radius 3 is 2.57 bits per heavy atom. The third-order valence-corrected chi connectivity index (χ3v) is 4.40. The van der Waals surface area contributed by atoms with Gasteiger partial charge in [-0.1, -0.05) is 15.9 Å². The minimum absolute atomic E-state index is 0.0182. The summed E-state index contributed by atoms with van der Waals surface area (Å²) in [5.41, 5.74) is 1.23. The maximum absolute atomic E-state index is 12.7. The standard InChI is InChI=1S/C16H16BrN3O3/c1-10(16(22)23)20(14-6-7-14)15(21)11-8-18-19(9-11)13-4-2-12(17)3-5-13/h2-5,8-10,14H,6-7H2,1H3,(H,22,23). The predicted octanol–water partition coefficient (Wildman–Crippen LogP) is 2.71. The van der Waals surface area contributed by atoms with Crippen molar-refractivity contribution in [2.45, 2.75) is 31.8 Å². The van der Waals surface area contributed by atoms with Crippen LogP contribution in [0.4, 0.5) is 0 Å². The molecule has 1 fully saturated rings. The summed E-state index contributed by atoms with van der Waals surface area (Å²) >= 11 is 3.37. The van der Waals surface area contributed by atoms with Gasteiger partial charge in [-0.25, -0.2) is 9.48 Å². The van der Waals surface area contributed by atoms with E-state index in [2.05, 4.69) is 21.0 Å². The van der Waals surface area contributed by atoms with Crippen molar-refractivity contribution in [3.05, 3.63) is 46.7 Å². The second-order valence-corrected chi connectivity index (χ2v) is 6.52. The maximum atomic E-state index is 12.7. The van der Waals surface area contributed by atoms with Gasteiger partial charge >= 0.3 is 5.97 Å². The summed E-state index contributed by atoms with van der Waals surface area (Å²) in [7, 11) is 0. The Kier molecular flexibility index (Phi) is 4.21. The summed E-state index contributed by atoms with van der Waals surface area (Å²) in [5, 5.41) is 13.4. The highest BCUT2D eigenvalue weighted by Gasteiger charge is 2.39. The largest absolute Gasteiger partial charge is 0.480 e. The van der Waals surface area contributed by atoms with Gasteiger partial charge in [-0.05, 0) is 44.0 Å². The van der Waals surface area contributed by atoms with E-state index in [9.17, 15) is 14.7 Å². The van der Waals surface area contributed by atoms with E-state index in [1.807, 2.05) is 24.3 Å². The number of rotatable bonds is 5. The number of carbonyl (C=O) groups is 2. The highest BCUT2D eigenvalue weighted by Crippen LogP contribution is 2.30. The molecule has 1 atom stereocenters. The summed E-state index contributed by atoms with van der Waals surface area (Å²) in [6, 6.07) is 6.71. The Morgan fingerprint density at radius 2 is 2.00 bits per heavy atom. The average Bonchev–Trinajstić information content (AvgIpc) is 3.23. The fraction of sp³-hybridized carbons (Fsp3) is 0.312. The lowest BCUT2D eigenvalue weighted by Gasteiger charge is -2.25. The number of carbonyl (C=O) groups excluding carboxylic acids is 1. The number of benzene rings is 1. The zero-order valence-corrected chi connectivity index (χ0v) is 14.1. The van der Waals surface area contributed by atoms with Crippen molar-refractivity contribution >= 4 is 27.8 Å². The van der Waals surface area contributed by atoms with Crippen molar-refractivity contribution in [3.8, 4) is 5.69 Å². The first-order valence-corrected chi connectivity index (χ1v) is 8.13. The molecule has 0 aliphatic heterocycles. The second-order valence-electron chi connectivity index (χ2n) is 5.61. The predicted molar refractivity (Wildman–Crippen MR) is 87.6 cm³/mol. The van der Waals surface area contributed by atoms with Crippen molar-refractivity contribution < 1.29 is 14.7 Å². The van der Waals surface area contributed by atoms with Crippen LogP contribution in [0.25, 0.3) is 5.69 Å². The minimum Gasteiger partial charge on any atom is -0.480 e. The molecule has 1 aliphatic carbocycles. The molecule has 1 aromatic heterocycles. The molecule has 120 valence electrons. The molecule has 0 saturated heterocycles. The quantitative estimate of drug-likeness (QED) is 0.868. The third-order valence-electron chi connectivity index (χ3n) is 3.87. The van der Waals surface area contributed by atoms with E-state index in [0.29, 0.717) is 5.56 Å². The molecule has 23 heavy (non-hydrogen) atoms. The van der Waals surface area contributed by atoms with Gasteiger partial charge in [0.15, 0.2) is 0 Å². The number of hydrogen-bond acceptors (Lipinski definition) is 3. The first-order valence-electron chi connectivity index (χ1n) is 7.33. The van der Waals surface area contributed by atoms with Crippen LogP contribution in [0.15, 0.2) is 41.1 Å². The van der Waals surface area contributed by atoms with Gasteiger partial charge in [0.1, 0.15) is 6.04 Å². The summed E-state index contributed by atoms with van der Waals surface area (Å²) in [5.74, 6) is -1.28. The summed E-state index contributed by atoms with van der Waals surface area (Å²) in [4.78, 5) is 25.4. The Hall–Kier alpha value is -2.15. The monoisotopic (exact) mass is 377 g/mol. The molecule has 1 unspecified atom stereocenters. The van der Waals surface area contributed by atoms with Crippen LogP contribution < -0.4 is 0 Å². The van der Waals surface area contributed by atoms with Crippen LogP contribution in [0.1, 0.15) is 30.1 Å². The molecule has 1 aliphatic rings. The van der Waals surface area contributed by atoms with E-state index in [0.717, 1.165) is 23.0 Å². The van der Waals surface area contributed by atoms with Gasteiger partial charge in [0.25, 0.3) is 5.91 Å². The molecule has 1 heterocycles. The molecule has 1 aromatic carbocycles. The van der Waals surface area contributed by atoms with E-state index in [-0.39, 0.29) is 11.9 Å². The first-order chi connectivity index (χ1) is 11.0. The van der Waals surface area contributed by atoms with Crippen molar-refractivity contribution in [2.24, 2.45) is 0 Å². The number of hydrogen-bond donors (Lipinski definition) is 1. The van der Waals surface area contributed by atoms with Gasteiger partial charge in [-0.15, -0.1) is 0 Å². The Morgan fingerprint density at radius 1 is 1.35 bits per heavy atom. The molecule has 0 radical (unpaired) electrons. The topological polar surface area (TPSA) is 75.4 Å². The summed E-state index contributed by atoms with van der Waals surface area (Å²) in [6.07, 6.45) is 4.82. The van der Waals surface area contributed by atoms with E-state index < -0.39 is 12.0 Å². The zero-order valence-electron chi connectivity index (χ0n) is 12.5. The average molecular weight is 378 g/mol. The number of halogens is 1. The third kappa shape index (κ3) is 3.29. The fourth-order valence-corrected chi connectivity index (χ4v) is 2.71. The lowest BCUT2D eigenvalue weighted by molar-refractivity contribution is -0.141. The maximum Gasteiger partial charge on any atom is 0.326 e. The molecule has 3 rings (SSSR count). The zero-order chi connectivity index (χ0) is 16.6. The number of aromatic nitrogens is 2. The number of aliphatic carboxylic acids is 1. The van der Waals surface area contributed by atoms with Crippen molar-refractivity contribution in [3.63, 3.8) is 0 Å². The summed E-state index contributed by atoms with van der Waals surface area (Å²) < 4.78 is 2.57. The minimum atomic E-state index is -0.995. The van der Waals surface area contributed by atoms with Crippen molar-refractivity contribution in [1.82, 2.24) is 14.7 Å². The van der Waals surface area contributed by atoms with Gasteiger partial charge in [0, 0.05) is 16.7 Å². The molecule has 7 heteroatoms. The van der Waals surface area contributed by atoms with Crippen LogP contribution in [0.2, 0.25) is 0 Å². The van der Waals surface area contributed by atoms with Gasteiger partial charge in [0.05, 0.1) is 17.4 Å². The number of carboxylic acid groups (broad SMARTS) is 1. The van der Waals surface area contributed by atoms with Gasteiger partial charge < -0.3 is 10.0 Å². The lowest BCUT2D eigenvalue weighted by Crippen LogP contribution is -2.44. The van der Waals surface area contributed by atoms with Crippen LogP contribution >= 0.6 is 15.9 Å². The van der Waals surface area contributed by atoms with E-state index in [1.54, 1.807) is 10.9 Å². The fourth-order valence-electron chi connectivity index (χ4n) is 2.45. The van der Waals surface area contributed by atoms with Crippen LogP contribution in [-0.2, 0) is 4.79 Å². The second kappa shape index (κ2) is 6.16. The molecule has 1 N–H and O–H groups in total. The molecular formula is C16H16BrN3O3.